The van der Waals surface area contributed by atoms with Crippen molar-refractivity contribution in [2.45, 2.75) is 42.4 Å². The van der Waals surface area contributed by atoms with E-state index >= 15 is 0 Å². The van der Waals surface area contributed by atoms with Gasteiger partial charge in [0.05, 0.1) is 17.7 Å². The van der Waals surface area contributed by atoms with E-state index in [4.69, 9.17) is 4.74 Å². The fraction of sp³-hybridized carbons (Fsp3) is 0.478. The van der Waals surface area contributed by atoms with Gasteiger partial charge in [0, 0.05) is 26.2 Å². The molecule has 1 N–H and O–H groups in total. The minimum Gasteiger partial charge on any atom is -0.495 e. The molecule has 0 spiro atoms. The van der Waals surface area contributed by atoms with E-state index in [0.29, 0.717) is 37.5 Å². The van der Waals surface area contributed by atoms with Gasteiger partial charge in [-0.05, 0) is 80.6 Å². The van der Waals surface area contributed by atoms with Gasteiger partial charge in [0.25, 0.3) is 10.0 Å². The average molecular weight is 494 g/mol. The van der Waals surface area contributed by atoms with Crippen molar-refractivity contribution in [3.05, 3.63) is 47.0 Å². The molecule has 1 heterocycles. The first-order valence-corrected chi connectivity index (χ1v) is 14.1. The van der Waals surface area contributed by atoms with Gasteiger partial charge in [-0.2, -0.15) is 4.31 Å². The van der Waals surface area contributed by atoms with Gasteiger partial charge >= 0.3 is 0 Å². The molecule has 8 nitrogen and oxygen atoms in total. The van der Waals surface area contributed by atoms with Crippen molar-refractivity contribution in [2.24, 2.45) is 0 Å². The minimum absolute atomic E-state index is 0.0645. The van der Waals surface area contributed by atoms with Crippen LogP contribution in [0.4, 0.5) is 5.69 Å². The van der Waals surface area contributed by atoms with Crippen LogP contribution in [0.3, 0.4) is 0 Å². The maximum Gasteiger partial charge on any atom is 0.265 e. The predicted molar refractivity (Wildman–Crippen MR) is 128 cm³/mol. The number of nitrogens with one attached hydrogen (secondary N) is 1. The molecule has 0 aromatic heterocycles. The summed E-state index contributed by atoms with van der Waals surface area (Å²) in [6.07, 6.45) is 3.84. The molecule has 10 heteroatoms. The molecule has 2 aromatic carbocycles. The summed E-state index contributed by atoms with van der Waals surface area (Å²) in [5, 5.41) is 0. The number of fused-ring (bicyclic) bond motifs is 1. The number of hydrogen-bond acceptors (Lipinski definition) is 6. The van der Waals surface area contributed by atoms with Gasteiger partial charge in [-0.25, -0.2) is 16.8 Å². The number of aryl methyl sites for hydroxylation is 3. The normalized spacial score (nSPS) is 18.0. The highest BCUT2D eigenvalue weighted by Gasteiger charge is 2.30. The molecule has 0 bridgehead atoms. The highest BCUT2D eigenvalue weighted by Crippen LogP contribution is 2.33. The molecule has 0 amide bonds. The number of ether oxygens (including phenoxy) is 1. The first kappa shape index (κ1) is 24.0. The van der Waals surface area contributed by atoms with Crippen LogP contribution in [0.25, 0.3) is 0 Å². The second-order valence-corrected chi connectivity index (χ2v) is 12.3. The molecule has 1 fully saturated rings. The summed E-state index contributed by atoms with van der Waals surface area (Å²) < 4.78 is 62.6. The number of piperazine rings is 1. The number of benzene rings is 2. The van der Waals surface area contributed by atoms with Crippen LogP contribution in [0.1, 0.15) is 29.5 Å². The Balaban J connectivity index is 1.66. The Kier molecular flexibility index (Phi) is 6.73. The van der Waals surface area contributed by atoms with Gasteiger partial charge in [0.15, 0.2) is 0 Å². The lowest BCUT2D eigenvalue weighted by Crippen LogP contribution is -2.47. The minimum atomic E-state index is -3.99. The van der Waals surface area contributed by atoms with Crippen LogP contribution in [0, 0.1) is 6.92 Å². The topological polar surface area (TPSA) is 96.0 Å². The van der Waals surface area contributed by atoms with Crippen LogP contribution in [0.5, 0.6) is 5.75 Å². The summed E-state index contributed by atoms with van der Waals surface area (Å²) in [5.41, 5.74) is 2.91. The van der Waals surface area contributed by atoms with E-state index < -0.39 is 20.0 Å². The third-order valence-electron chi connectivity index (χ3n) is 6.44. The van der Waals surface area contributed by atoms with Crippen LogP contribution in [-0.4, -0.2) is 66.4 Å². The first-order chi connectivity index (χ1) is 15.6. The molecule has 33 heavy (non-hydrogen) atoms. The van der Waals surface area contributed by atoms with Crippen LogP contribution in [0.15, 0.2) is 40.1 Å². The summed E-state index contributed by atoms with van der Waals surface area (Å²) in [6, 6.07) is 8.12. The third kappa shape index (κ3) is 4.89. The van der Waals surface area contributed by atoms with Gasteiger partial charge in [-0.15, -0.1) is 0 Å². The largest absolute Gasteiger partial charge is 0.495 e. The van der Waals surface area contributed by atoms with E-state index in [1.165, 1.54) is 17.5 Å². The molecule has 180 valence electrons. The molecule has 2 aromatic rings. The number of sulfonamides is 2. The fourth-order valence-corrected chi connectivity index (χ4v) is 7.35. The first-order valence-electron chi connectivity index (χ1n) is 11.1. The fourth-order valence-electron chi connectivity index (χ4n) is 4.43. The number of hydrogen-bond donors (Lipinski definition) is 1. The number of nitrogens with zero attached hydrogens (tertiary/aromatic N) is 2. The molecule has 1 aliphatic heterocycles. The van der Waals surface area contributed by atoms with E-state index in [-0.39, 0.29) is 15.5 Å². The number of rotatable bonds is 6. The second kappa shape index (κ2) is 9.25. The van der Waals surface area contributed by atoms with Crippen molar-refractivity contribution in [1.82, 2.24) is 9.21 Å². The standard InChI is InChI=1S/C23H31N3O5S2/c1-17-8-9-20(16-22(17)33(29,30)26-12-10-25(2)11-13-26)24-32(27,28)23-15-19-7-5-4-6-18(19)14-21(23)31-3/h8-9,14-16,24H,4-7,10-13H2,1-3H3. The second-order valence-electron chi connectivity index (χ2n) is 8.77. The summed E-state index contributed by atoms with van der Waals surface area (Å²) in [5.74, 6) is 0.292. The van der Waals surface area contributed by atoms with Crippen molar-refractivity contribution in [2.75, 3.05) is 45.1 Å². The summed E-state index contributed by atoms with van der Waals surface area (Å²) in [7, 11) is -4.31. The summed E-state index contributed by atoms with van der Waals surface area (Å²) >= 11 is 0. The van der Waals surface area contributed by atoms with Crippen molar-refractivity contribution in [1.29, 1.82) is 0 Å². The molecule has 1 saturated heterocycles. The Morgan fingerprint density at radius 1 is 0.879 bits per heavy atom. The van der Waals surface area contributed by atoms with Gasteiger partial charge in [0.2, 0.25) is 10.0 Å². The molecule has 0 unspecified atom stereocenters. The Morgan fingerprint density at radius 3 is 2.15 bits per heavy atom. The molecule has 0 radical (unpaired) electrons. The lowest BCUT2D eigenvalue weighted by atomic mass is 9.92. The Hall–Kier alpha value is -2.14. The van der Waals surface area contributed by atoms with E-state index in [9.17, 15) is 16.8 Å². The third-order valence-corrected chi connectivity index (χ3v) is 9.88. The van der Waals surface area contributed by atoms with Crippen LogP contribution in [-0.2, 0) is 32.9 Å². The summed E-state index contributed by atoms with van der Waals surface area (Å²) in [6.45, 7) is 3.83. The molecular weight excluding hydrogens is 462 g/mol. The zero-order chi connectivity index (χ0) is 23.8. The van der Waals surface area contributed by atoms with Crippen LogP contribution >= 0.6 is 0 Å². The quantitative estimate of drug-likeness (QED) is 0.665. The monoisotopic (exact) mass is 493 g/mol. The molecule has 1 aliphatic carbocycles. The van der Waals surface area contributed by atoms with E-state index in [2.05, 4.69) is 9.62 Å². The Bertz CT molecular complexity index is 1250. The SMILES string of the molecule is COc1cc2c(cc1S(=O)(=O)Nc1ccc(C)c(S(=O)(=O)N3CCN(C)CC3)c1)CCCC2. The smallest absolute Gasteiger partial charge is 0.265 e. The number of anilines is 1. The van der Waals surface area contributed by atoms with Crippen molar-refractivity contribution in [3.8, 4) is 5.75 Å². The van der Waals surface area contributed by atoms with Crippen LogP contribution < -0.4 is 9.46 Å². The number of methoxy groups -OCH3 is 1. The molecule has 0 saturated carbocycles. The molecule has 2 aliphatic rings. The van der Waals surface area contributed by atoms with Gasteiger partial charge in [-0.3, -0.25) is 4.72 Å². The maximum atomic E-state index is 13.3. The lowest BCUT2D eigenvalue weighted by Gasteiger charge is -2.32. The zero-order valence-corrected chi connectivity index (χ0v) is 20.9. The predicted octanol–water partition coefficient (Wildman–Crippen LogP) is 2.62. The summed E-state index contributed by atoms with van der Waals surface area (Å²) in [4.78, 5) is 2.26. The van der Waals surface area contributed by atoms with Gasteiger partial charge < -0.3 is 9.64 Å². The van der Waals surface area contributed by atoms with Crippen molar-refractivity contribution < 1.29 is 21.6 Å². The van der Waals surface area contributed by atoms with Gasteiger partial charge in [0.1, 0.15) is 10.6 Å². The highest BCUT2D eigenvalue weighted by atomic mass is 32.2. The van der Waals surface area contributed by atoms with E-state index in [0.717, 1.165) is 36.8 Å². The Labute approximate surface area is 196 Å². The maximum absolute atomic E-state index is 13.3. The average Bonchev–Trinajstić information content (AvgIpc) is 2.79. The lowest BCUT2D eigenvalue weighted by molar-refractivity contribution is 0.222. The van der Waals surface area contributed by atoms with Crippen molar-refractivity contribution >= 4 is 25.7 Å². The van der Waals surface area contributed by atoms with E-state index in [1.807, 2.05) is 13.1 Å². The van der Waals surface area contributed by atoms with Gasteiger partial charge in [-0.1, -0.05) is 6.07 Å². The molecule has 0 atom stereocenters. The Morgan fingerprint density at radius 2 is 1.52 bits per heavy atom. The molecule has 4 rings (SSSR count). The molecular formula is C23H31N3O5S2. The zero-order valence-electron chi connectivity index (χ0n) is 19.3. The number of likely N-dealkylation sites (N-methyl/N-ethyl adjacent to an activating group) is 1. The highest BCUT2D eigenvalue weighted by molar-refractivity contribution is 7.92. The van der Waals surface area contributed by atoms with E-state index in [1.54, 1.807) is 25.1 Å². The van der Waals surface area contributed by atoms with Crippen LogP contribution in [0.2, 0.25) is 0 Å². The van der Waals surface area contributed by atoms with Crippen molar-refractivity contribution in [3.63, 3.8) is 0 Å².